The molecule has 0 heterocycles. The van der Waals surface area contributed by atoms with Crippen LogP contribution in [0.1, 0.15) is 0 Å². The van der Waals surface area contributed by atoms with E-state index in [-0.39, 0.29) is 0 Å². The van der Waals surface area contributed by atoms with Gasteiger partial charge in [0.25, 0.3) is 0 Å². The summed E-state index contributed by atoms with van der Waals surface area (Å²) in [5.41, 5.74) is 0. The lowest BCUT2D eigenvalue weighted by molar-refractivity contribution is 0.591. The number of hydrogen-bond donors (Lipinski definition) is 0. The maximum atomic E-state index is 12.9. The van der Waals surface area contributed by atoms with Gasteiger partial charge in [0.05, 0.1) is 6.33 Å². The molecule has 0 saturated carbocycles. The van der Waals surface area contributed by atoms with Crippen molar-refractivity contribution in [2.24, 2.45) is 0 Å². The number of hydrogen-bond acceptors (Lipinski definition) is 1. The zero-order valence-electron chi connectivity index (χ0n) is 9.16. The molecule has 0 bridgehead atoms. The van der Waals surface area contributed by atoms with E-state index >= 15 is 0 Å². The largest absolute Gasteiger partial charge is 0.309 e. The highest BCUT2D eigenvalue weighted by Gasteiger charge is 2.23. The molecule has 0 aliphatic rings. The lowest BCUT2D eigenvalue weighted by atomic mass is 10.4. The van der Waals surface area contributed by atoms with Gasteiger partial charge < -0.3 is 4.57 Å². The normalized spacial score (nSPS) is 11.8. The van der Waals surface area contributed by atoms with E-state index < -0.39 is 7.14 Å². The maximum absolute atomic E-state index is 12.9. The van der Waals surface area contributed by atoms with Crippen LogP contribution in [0, 0.1) is 0 Å². The fourth-order valence-corrected chi connectivity index (χ4v) is 3.73. The Morgan fingerprint density at radius 1 is 0.824 bits per heavy atom. The first-order valence-corrected chi connectivity index (χ1v) is 7.04. The molecule has 0 spiro atoms. The summed E-state index contributed by atoms with van der Waals surface area (Å²) in [5.74, 6) is 1.15. The van der Waals surface area contributed by atoms with E-state index in [2.05, 4.69) is 0 Å². The Balaban J connectivity index is 2.60. The second-order valence-electron chi connectivity index (χ2n) is 3.60. The molecular formula is C14H12FOP. The van der Waals surface area contributed by atoms with Crippen LogP contribution in [-0.4, -0.2) is 0 Å². The molecule has 2 rings (SSSR count). The van der Waals surface area contributed by atoms with Crippen molar-refractivity contribution in [2.75, 3.05) is 0 Å². The molecule has 0 N–H and O–H groups in total. The van der Waals surface area contributed by atoms with E-state index in [0.29, 0.717) is 16.9 Å². The zero-order chi connectivity index (χ0) is 12.1. The van der Waals surface area contributed by atoms with Gasteiger partial charge in [0, 0.05) is 16.4 Å². The predicted octanol–water partition coefficient (Wildman–Crippen LogP) is 3.44. The molecule has 1 nitrogen and oxygen atoms in total. The molecule has 0 aliphatic carbocycles. The van der Waals surface area contributed by atoms with E-state index in [9.17, 15) is 8.96 Å². The Morgan fingerprint density at radius 3 is 1.59 bits per heavy atom. The van der Waals surface area contributed by atoms with Crippen molar-refractivity contribution in [3.8, 4) is 0 Å². The van der Waals surface area contributed by atoms with Gasteiger partial charge in [0.15, 0.2) is 7.14 Å². The Hall–Kier alpha value is -1.66. The van der Waals surface area contributed by atoms with Gasteiger partial charge in [-0.1, -0.05) is 60.7 Å². The third kappa shape index (κ3) is 2.37. The van der Waals surface area contributed by atoms with Crippen LogP contribution in [0.5, 0.6) is 0 Å². The zero-order valence-corrected chi connectivity index (χ0v) is 10.1. The van der Waals surface area contributed by atoms with Crippen LogP contribution in [-0.2, 0) is 4.57 Å². The van der Waals surface area contributed by atoms with Crippen LogP contribution < -0.4 is 10.6 Å². The lowest BCUT2D eigenvalue weighted by Gasteiger charge is -2.14. The van der Waals surface area contributed by atoms with Gasteiger partial charge in [-0.2, -0.15) is 0 Å². The molecule has 0 aliphatic heterocycles. The van der Waals surface area contributed by atoms with Crippen LogP contribution in [0.2, 0.25) is 0 Å². The minimum Gasteiger partial charge on any atom is -0.309 e. The summed E-state index contributed by atoms with van der Waals surface area (Å²) in [6.45, 7) is 0. The van der Waals surface area contributed by atoms with Gasteiger partial charge in [-0.05, 0) is 0 Å². The Labute approximate surface area is 100.0 Å². The molecule has 0 radical (unpaired) electrons. The van der Waals surface area contributed by atoms with Crippen molar-refractivity contribution in [1.82, 2.24) is 0 Å². The molecule has 17 heavy (non-hydrogen) atoms. The summed E-state index contributed by atoms with van der Waals surface area (Å²) in [6, 6.07) is 17.9. The standard InChI is InChI=1S/C14H12FOP/c15-11-12-17(16,13-7-3-1-4-8-13)14-9-5-2-6-10-14/h1-12H/b12-11+. The first kappa shape index (κ1) is 11.8. The Kier molecular flexibility index (Phi) is 3.55. The minimum atomic E-state index is -2.98. The van der Waals surface area contributed by atoms with Crippen molar-refractivity contribution in [2.45, 2.75) is 0 Å². The van der Waals surface area contributed by atoms with Crippen molar-refractivity contribution >= 4 is 17.8 Å². The summed E-state index contributed by atoms with van der Waals surface area (Å²) in [6.07, 6.45) is 0.362. The van der Waals surface area contributed by atoms with Gasteiger partial charge in [-0.25, -0.2) is 4.39 Å². The molecule has 2 aromatic carbocycles. The van der Waals surface area contributed by atoms with Gasteiger partial charge in [-0.3, -0.25) is 0 Å². The van der Waals surface area contributed by atoms with E-state index in [1.165, 1.54) is 0 Å². The SMILES string of the molecule is O=P(/C=C/F)(c1ccccc1)c1ccccc1. The smallest absolute Gasteiger partial charge is 0.166 e. The Morgan fingerprint density at radius 2 is 1.24 bits per heavy atom. The predicted molar refractivity (Wildman–Crippen MR) is 70.0 cm³/mol. The summed E-state index contributed by atoms with van der Waals surface area (Å²) in [7, 11) is -2.98. The molecule has 0 amide bonds. The lowest BCUT2D eigenvalue weighted by Crippen LogP contribution is -2.13. The van der Waals surface area contributed by atoms with E-state index in [0.717, 1.165) is 5.82 Å². The van der Waals surface area contributed by atoms with Crippen molar-refractivity contribution in [1.29, 1.82) is 0 Å². The molecule has 2 aromatic rings. The summed E-state index contributed by atoms with van der Waals surface area (Å²) in [4.78, 5) is 0. The van der Waals surface area contributed by atoms with Crippen LogP contribution in [0.4, 0.5) is 4.39 Å². The topological polar surface area (TPSA) is 17.1 Å². The highest BCUT2D eigenvalue weighted by atomic mass is 31.2. The van der Waals surface area contributed by atoms with Crippen LogP contribution in [0.15, 0.2) is 72.8 Å². The second-order valence-corrected chi connectivity index (χ2v) is 6.25. The quantitative estimate of drug-likeness (QED) is 0.758. The van der Waals surface area contributed by atoms with Crippen molar-refractivity contribution in [3.63, 3.8) is 0 Å². The van der Waals surface area contributed by atoms with Crippen molar-refractivity contribution in [3.05, 3.63) is 72.8 Å². The number of benzene rings is 2. The highest BCUT2D eigenvalue weighted by Crippen LogP contribution is 2.44. The third-order valence-corrected chi connectivity index (χ3v) is 5.21. The summed E-state index contributed by atoms with van der Waals surface area (Å²) in [5, 5.41) is 1.28. The minimum absolute atomic E-state index is 0.362. The number of rotatable bonds is 3. The fourth-order valence-electron chi connectivity index (χ4n) is 1.70. The van der Waals surface area contributed by atoms with Crippen LogP contribution in [0.3, 0.4) is 0 Å². The molecule has 0 atom stereocenters. The van der Waals surface area contributed by atoms with Gasteiger partial charge in [0.2, 0.25) is 0 Å². The molecule has 0 aromatic heterocycles. The van der Waals surface area contributed by atoms with Crippen molar-refractivity contribution < 1.29 is 8.96 Å². The first-order valence-electron chi connectivity index (χ1n) is 5.26. The van der Waals surface area contributed by atoms with Crippen LogP contribution in [0.25, 0.3) is 0 Å². The molecule has 0 saturated heterocycles. The maximum Gasteiger partial charge on any atom is 0.166 e. The van der Waals surface area contributed by atoms with Gasteiger partial charge in [-0.15, -0.1) is 0 Å². The first-order chi connectivity index (χ1) is 8.27. The monoisotopic (exact) mass is 246 g/mol. The summed E-state index contributed by atoms with van der Waals surface area (Å²) < 4.78 is 25.4. The molecule has 86 valence electrons. The van der Waals surface area contributed by atoms with E-state index in [1.54, 1.807) is 48.5 Å². The molecular weight excluding hydrogens is 234 g/mol. The molecule has 0 unspecified atom stereocenters. The Bertz CT molecular complexity index is 505. The second kappa shape index (κ2) is 5.11. The average Bonchev–Trinajstić information content (AvgIpc) is 2.41. The fraction of sp³-hybridized carbons (Fsp3) is 0. The number of halogens is 1. The van der Waals surface area contributed by atoms with Gasteiger partial charge in [0.1, 0.15) is 0 Å². The third-order valence-electron chi connectivity index (χ3n) is 2.55. The molecule has 3 heteroatoms. The molecule has 0 fully saturated rings. The van der Waals surface area contributed by atoms with E-state index in [1.807, 2.05) is 12.1 Å². The highest BCUT2D eigenvalue weighted by molar-refractivity contribution is 7.81. The average molecular weight is 246 g/mol. The van der Waals surface area contributed by atoms with Gasteiger partial charge >= 0.3 is 0 Å². The van der Waals surface area contributed by atoms with E-state index in [4.69, 9.17) is 0 Å². The van der Waals surface area contributed by atoms with Crippen LogP contribution >= 0.6 is 7.14 Å². The summed E-state index contributed by atoms with van der Waals surface area (Å²) >= 11 is 0.